The van der Waals surface area contributed by atoms with Crippen LogP contribution in [0.25, 0.3) is 11.5 Å². The molecular weight excluding hydrogens is 349 g/mol. The molecule has 0 saturated heterocycles. The number of nitrogens with zero attached hydrogens (tertiary/aromatic N) is 4. The normalized spacial score (nSPS) is 10.9. The first-order valence-electron chi connectivity index (χ1n) is 6.20. The molecule has 0 unspecified atom stereocenters. The fraction of sp³-hybridized carbons (Fsp3) is 0.167. The average molecular weight is 358 g/mol. The van der Waals surface area contributed by atoms with Crippen molar-refractivity contribution in [3.63, 3.8) is 0 Å². The lowest BCUT2D eigenvalue weighted by atomic mass is 10.3. The highest BCUT2D eigenvalue weighted by Crippen LogP contribution is 2.37. The number of aromatic nitrogens is 4. The predicted octanol–water partition coefficient (Wildman–Crippen LogP) is 3.57. The van der Waals surface area contributed by atoms with E-state index in [1.807, 2.05) is 6.92 Å². The lowest BCUT2D eigenvalue weighted by Crippen LogP contribution is -2.13. The molecule has 114 valence electrons. The van der Waals surface area contributed by atoms with Crippen molar-refractivity contribution in [3.8, 4) is 11.5 Å². The second-order valence-electron chi connectivity index (χ2n) is 4.16. The Morgan fingerprint density at radius 3 is 2.91 bits per heavy atom. The molecule has 1 N–H and O–H groups in total. The van der Waals surface area contributed by atoms with Crippen molar-refractivity contribution in [3.05, 3.63) is 32.7 Å². The maximum Gasteiger partial charge on any atom is 0.322 e. The standard InChI is InChI=1S/C12H9Cl2N5O2S/c1-2-19-4-3-7(18-19)10(20)15-12-17-16-11(21-12)6-5-8(13)22-9(6)14/h3-5H,2H2,1H3,(H,15,17,20). The Morgan fingerprint density at radius 1 is 1.45 bits per heavy atom. The zero-order valence-electron chi connectivity index (χ0n) is 11.2. The Bertz CT molecular complexity index is 825. The Hall–Kier alpha value is -1.90. The SMILES string of the molecule is CCn1ccc(C(=O)Nc2nnc(-c3cc(Cl)sc3Cl)o2)n1. The molecule has 1 amide bonds. The molecule has 0 aliphatic carbocycles. The Morgan fingerprint density at radius 2 is 2.27 bits per heavy atom. The van der Waals surface area contributed by atoms with Gasteiger partial charge in [-0.2, -0.15) is 5.10 Å². The van der Waals surface area contributed by atoms with Crippen LogP contribution < -0.4 is 5.32 Å². The molecule has 0 saturated carbocycles. The molecule has 3 aromatic heterocycles. The first-order chi connectivity index (χ1) is 10.6. The van der Waals surface area contributed by atoms with Crippen LogP contribution in [-0.4, -0.2) is 25.9 Å². The molecule has 0 aliphatic heterocycles. The van der Waals surface area contributed by atoms with Gasteiger partial charge in [-0.15, -0.1) is 16.4 Å². The van der Waals surface area contributed by atoms with E-state index in [2.05, 4.69) is 20.6 Å². The molecule has 0 fully saturated rings. The van der Waals surface area contributed by atoms with Crippen LogP contribution in [0.4, 0.5) is 6.01 Å². The van der Waals surface area contributed by atoms with Crippen LogP contribution in [0.5, 0.6) is 0 Å². The Kier molecular flexibility index (Phi) is 4.14. The largest absolute Gasteiger partial charge is 0.403 e. The number of carbonyl (C=O) groups is 1. The third-order valence-electron chi connectivity index (χ3n) is 2.73. The van der Waals surface area contributed by atoms with E-state index in [1.165, 1.54) is 11.3 Å². The van der Waals surface area contributed by atoms with E-state index in [-0.39, 0.29) is 17.6 Å². The molecule has 0 bridgehead atoms. The van der Waals surface area contributed by atoms with Gasteiger partial charge in [0, 0.05) is 12.7 Å². The van der Waals surface area contributed by atoms with Gasteiger partial charge < -0.3 is 4.42 Å². The van der Waals surface area contributed by atoms with Crippen molar-refractivity contribution in [1.29, 1.82) is 0 Å². The van der Waals surface area contributed by atoms with Crippen molar-refractivity contribution >= 4 is 46.5 Å². The molecule has 0 spiro atoms. The Balaban J connectivity index is 1.76. The molecule has 0 aliphatic rings. The van der Waals surface area contributed by atoms with Gasteiger partial charge in [-0.25, -0.2) is 0 Å². The average Bonchev–Trinajstić information content (AvgIpc) is 3.18. The van der Waals surface area contributed by atoms with Gasteiger partial charge in [0.15, 0.2) is 5.69 Å². The number of carbonyl (C=O) groups excluding carboxylic acids is 1. The van der Waals surface area contributed by atoms with Gasteiger partial charge in [0.25, 0.3) is 11.8 Å². The summed E-state index contributed by atoms with van der Waals surface area (Å²) in [7, 11) is 0. The second-order valence-corrected chi connectivity index (χ2v) is 6.45. The number of thiophene rings is 1. The first kappa shape index (κ1) is 15.0. The number of hydrogen-bond acceptors (Lipinski definition) is 6. The maximum atomic E-state index is 12.0. The van der Waals surface area contributed by atoms with E-state index in [1.54, 1.807) is 23.0 Å². The molecule has 0 atom stereocenters. The molecule has 0 radical (unpaired) electrons. The third kappa shape index (κ3) is 2.99. The number of rotatable bonds is 4. The zero-order chi connectivity index (χ0) is 15.7. The lowest BCUT2D eigenvalue weighted by Gasteiger charge is -1.96. The van der Waals surface area contributed by atoms with Gasteiger partial charge in [-0.3, -0.25) is 14.8 Å². The summed E-state index contributed by atoms with van der Waals surface area (Å²) in [4.78, 5) is 12.0. The van der Waals surface area contributed by atoms with E-state index in [0.717, 1.165) is 0 Å². The van der Waals surface area contributed by atoms with Crippen LogP contribution >= 0.6 is 34.5 Å². The number of hydrogen-bond donors (Lipinski definition) is 1. The van der Waals surface area contributed by atoms with E-state index in [9.17, 15) is 4.79 Å². The van der Waals surface area contributed by atoms with Crippen LogP contribution in [-0.2, 0) is 6.54 Å². The molecule has 7 nitrogen and oxygen atoms in total. The summed E-state index contributed by atoms with van der Waals surface area (Å²) in [6.07, 6.45) is 1.71. The monoisotopic (exact) mass is 357 g/mol. The van der Waals surface area contributed by atoms with E-state index >= 15 is 0 Å². The number of anilines is 1. The minimum absolute atomic E-state index is 0.0376. The lowest BCUT2D eigenvalue weighted by molar-refractivity contribution is 0.101. The highest BCUT2D eigenvalue weighted by atomic mass is 35.5. The summed E-state index contributed by atoms with van der Waals surface area (Å²) >= 11 is 13.1. The number of amides is 1. The van der Waals surface area contributed by atoms with E-state index < -0.39 is 5.91 Å². The van der Waals surface area contributed by atoms with Crippen LogP contribution in [0.2, 0.25) is 8.67 Å². The first-order valence-corrected chi connectivity index (χ1v) is 7.77. The number of aryl methyl sites for hydroxylation is 1. The molecule has 3 aromatic rings. The van der Waals surface area contributed by atoms with Crippen molar-refractivity contribution in [2.45, 2.75) is 13.5 Å². The van der Waals surface area contributed by atoms with Gasteiger partial charge in [-0.1, -0.05) is 28.3 Å². The molecule has 3 rings (SSSR count). The molecule has 22 heavy (non-hydrogen) atoms. The highest BCUT2D eigenvalue weighted by molar-refractivity contribution is 7.20. The van der Waals surface area contributed by atoms with Gasteiger partial charge in [0.05, 0.1) is 9.90 Å². The fourth-order valence-electron chi connectivity index (χ4n) is 1.69. The maximum absolute atomic E-state index is 12.0. The molecule has 0 aromatic carbocycles. The fourth-order valence-corrected chi connectivity index (χ4v) is 3.14. The van der Waals surface area contributed by atoms with Crippen LogP contribution in [0.3, 0.4) is 0 Å². The van der Waals surface area contributed by atoms with Gasteiger partial charge in [0.2, 0.25) is 0 Å². The number of nitrogens with one attached hydrogen (secondary N) is 1. The third-order valence-corrected chi connectivity index (χ3v) is 4.22. The van der Waals surface area contributed by atoms with Crippen molar-refractivity contribution in [2.24, 2.45) is 0 Å². The second kappa shape index (κ2) is 6.07. The summed E-state index contributed by atoms with van der Waals surface area (Å²) in [6.45, 7) is 2.60. The zero-order valence-corrected chi connectivity index (χ0v) is 13.5. The minimum Gasteiger partial charge on any atom is -0.403 e. The molecular formula is C12H9Cl2N5O2S. The van der Waals surface area contributed by atoms with Crippen molar-refractivity contribution < 1.29 is 9.21 Å². The smallest absolute Gasteiger partial charge is 0.322 e. The van der Waals surface area contributed by atoms with E-state index in [0.29, 0.717) is 20.8 Å². The van der Waals surface area contributed by atoms with Crippen LogP contribution in [0, 0.1) is 0 Å². The van der Waals surface area contributed by atoms with Crippen molar-refractivity contribution in [1.82, 2.24) is 20.0 Å². The van der Waals surface area contributed by atoms with Gasteiger partial charge in [-0.05, 0) is 19.1 Å². The summed E-state index contributed by atoms with van der Waals surface area (Å²) in [5, 5.41) is 14.2. The molecule has 10 heteroatoms. The van der Waals surface area contributed by atoms with Crippen molar-refractivity contribution in [2.75, 3.05) is 5.32 Å². The quantitative estimate of drug-likeness (QED) is 0.771. The summed E-state index contributed by atoms with van der Waals surface area (Å²) in [5.74, 6) is -0.251. The van der Waals surface area contributed by atoms with Crippen LogP contribution in [0.1, 0.15) is 17.4 Å². The predicted molar refractivity (Wildman–Crippen MR) is 83.5 cm³/mol. The van der Waals surface area contributed by atoms with E-state index in [4.69, 9.17) is 27.6 Å². The van der Waals surface area contributed by atoms with Crippen LogP contribution in [0.15, 0.2) is 22.7 Å². The Labute approximate surface area is 138 Å². The molecule has 3 heterocycles. The topological polar surface area (TPSA) is 85.8 Å². The van der Waals surface area contributed by atoms with Gasteiger partial charge in [0.1, 0.15) is 4.34 Å². The summed E-state index contributed by atoms with van der Waals surface area (Å²) < 4.78 is 7.95. The minimum atomic E-state index is -0.433. The summed E-state index contributed by atoms with van der Waals surface area (Å²) in [6, 6.07) is 3.19. The summed E-state index contributed by atoms with van der Waals surface area (Å²) in [5.41, 5.74) is 0.790. The number of halogens is 2. The van der Waals surface area contributed by atoms with Gasteiger partial charge >= 0.3 is 6.01 Å². The highest BCUT2D eigenvalue weighted by Gasteiger charge is 2.17.